The van der Waals surface area contributed by atoms with E-state index in [1.807, 2.05) is 4.90 Å². The number of hydrogen-bond donors (Lipinski definition) is 0. The molecule has 1 saturated heterocycles. The van der Waals surface area contributed by atoms with Gasteiger partial charge in [-0.1, -0.05) is 15.9 Å². The first-order valence-corrected chi connectivity index (χ1v) is 7.27. The summed E-state index contributed by atoms with van der Waals surface area (Å²) in [7, 11) is 0. The molecule has 1 aliphatic heterocycles. The monoisotopic (exact) mass is 328 g/mol. The predicted molar refractivity (Wildman–Crippen MR) is 76.2 cm³/mol. The SMILES string of the molecule is CC(=O)N1CCCN(Cc2cc(F)ccc2Br)CC1. The predicted octanol–water partition coefficient (Wildman–Crippen LogP) is 2.64. The molecule has 1 aromatic rings. The molecule has 19 heavy (non-hydrogen) atoms. The fourth-order valence-electron chi connectivity index (χ4n) is 2.35. The van der Waals surface area contributed by atoms with Crippen molar-refractivity contribution in [2.24, 2.45) is 0 Å². The maximum Gasteiger partial charge on any atom is 0.219 e. The number of nitrogens with zero attached hydrogens (tertiary/aromatic N) is 2. The number of benzene rings is 1. The number of carbonyl (C=O) groups is 1. The zero-order valence-corrected chi connectivity index (χ0v) is 12.6. The number of hydrogen-bond acceptors (Lipinski definition) is 2. The summed E-state index contributed by atoms with van der Waals surface area (Å²) in [6, 6.07) is 4.76. The van der Waals surface area contributed by atoms with Gasteiger partial charge in [-0.05, 0) is 30.2 Å². The van der Waals surface area contributed by atoms with E-state index in [1.165, 1.54) is 6.07 Å². The van der Waals surface area contributed by atoms with Gasteiger partial charge >= 0.3 is 0 Å². The van der Waals surface area contributed by atoms with E-state index in [2.05, 4.69) is 20.8 Å². The molecule has 1 aromatic carbocycles. The van der Waals surface area contributed by atoms with Gasteiger partial charge in [-0.15, -0.1) is 0 Å². The van der Waals surface area contributed by atoms with Crippen LogP contribution in [0.5, 0.6) is 0 Å². The van der Waals surface area contributed by atoms with Gasteiger partial charge in [0.25, 0.3) is 0 Å². The van der Waals surface area contributed by atoms with Gasteiger partial charge in [-0.25, -0.2) is 4.39 Å². The quantitative estimate of drug-likeness (QED) is 0.833. The third-order valence-electron chi connectivity index (χ3n) is 3.44. The molecule has 0 radical (unpaired) electrons. The van der Waals surface area contributed by atoms with Gasteiger partial charge < -0.3 is 4.90 Å². The molecule has 0 N–H and O–H groups in total. The van der Waals surface area contributed by atoms with E-state index < -0.39 is 0 Å². The summed E-state index contributed by atoms with van der Waals surface area (Å²) in [5.41, 5.74) is 0.955. The van der Waals surface area contributed by atoms with Crippen LogP contribution in [0.25, 0.3) is 0 Å². The van der Waals surface area contributed by atoms with Crippen molar-refractivity contribution in [1.29, 1.82) is 0 Å². The van der Waals surface area contributed by atoms with Crippen molar-refractivity contribution >= 4 is 21.8 Å². The van der Waals surface area contributed by atoms with Crippen LogP contribution >= 0.6 is 15.9 Å². The lowest BCUT2D eigenvalue weighted by molar-refractivity contribution is -0.128. The van der Waals surface area contributed by atoms with Crippen LogP contribution < -0.4 is 0 Å². The van der Waals surface area contributed by atoms with Gasteiger partial charge in [-0.2, -0.15) is 0 Å². The molecule has 104 valence electrons. The van der Waals surface area contributed by atoms with Crippen LogP contribution in [0.15, 0.2) is 22.7 Å². The zero-order valence-electron chi connectivity index (χ0n) is 11.0. The van der Waals surface area contributed by atoms with Crippen LogP contribution in [0.1, 0.15) is 18.9 Å². The highest BCUT2D eigenvalue weighted by molar-refractivity contribution is 9.10. The van der Waals surface area contributed by atoms with Crippen LogP contribution in [0.3, 0.4) is 0 Å². The highest BCUT2D eigenvalue weighted by atomic mass is 79.9. The Morgan fingerprint density at radius 2 is 2.11 bits per heavy atom. The minimum atomic E-state index is -0.210. The summed E-state index contributed by atoms with van der Waals surface area (Å²) < 4.78 is 14.2. The summed E-state index contributed by atoms with van der Waals surface area (Å²) in [6.07, 6.45) is 0.965. The molecule has 2 rings (SSSR count). The minimum Gasteiger partial charge on any atom is -0.342 e. The van der Waals surface area contributed by atoms with Crippen molar-refractivity contribution in [3.8, 4) is 0 Å². The van der Waals surface area contributed by atoms with Crippen molar-refractivity contribution in [2.45, 2.75) is 19.9 Å². The fourth-order valence-corrected chi connectivity index (χ4v) is 2.72. The molecule has 0 spiro atoms. The molecule has 0 unspecified atom stereocenters. The van der Waals surface area contributed by atoms with Crippen LogP contribution in [0, 0.1) is 5.82 Å². The summed E-state index contributed by atoms with van der Waals surface area (Å²) >= 11 is 3.45. The molecule has 0 atom stereocenters. The Balaban J connectivity index is 1.99. The van der Waals surface area contributed by atoms with E-state index in [0.717, 1.165) is 42.6 Å². The van der Waals surface area contributed by atoms with Crippen molar-refractivity contribution in [3.63, 3.8) is 0 Å². The molecule has 0 saturated carbocycles. The van der Waals surface area contributed by atoms with Crippen molar-refractivity contribution in [1.82, 2.24) is 9.80 Å². The van der Waals surface area contributed by atoms with Crippen LogP contribution in [0.2, 0.25) is 0 Å². The maximum atomic E-state index is 13.3. The van der Waals surface area contributed by atoms with Gasteiger partial charge in [-0.3, -0.25) is 9.69 Å². The highest BCUT2D eigenvalue weighted by Crippen LogP contribution is 2.20. The zero-order chi connectivity index (χ0) is 13.8. The third-order valence-corrected chi connectivity index (χ3v) is 4.21. The minimum absolute atomic E-state index is 0.133. The number of amides is 1. The first-order chi connectivity index (χ1) is 9.06. The Morgan fingerprint density at radius 3 is 2.84 bits per heavy atom. The molecular formula is C14H18BrFN2O. The second kappa shape index (κ2) is 6.48. The van der Waals surface area contributed by atoms with Crippen LogP contribution in [0.4, 0.5) is 4.39 Å². The normalized spacial score (nSPS) is 17.3. The average molecular weight is 329 g/mol. The molecular weight excluding hydrogens is 311 g/mol. The third kappa shape index (κ3) is 4.01. The topological polar surface area (TPSA) is 23.6 Å². The molecule has 0 aliphatic carbocycles. The smallest absolute Gasteiger partial charge is 0.219 e. The van der Waals surface area contributed by atoms with Crippen molar-refractivity contribution in [2.75, 3.05) is 26.2 Å². The van der Waals surface area contributed by atoms with E-state index in [-0.39, 0.29) is 11.7 Å². The Bertz CT molecular complexity index is 467. The van der Waals surface area contributed by atoms with Crippen molar-refractivity contribution in [3.05, 3.63) is 34.1 Å². The van der Waals surface area contributed by atoms with E-state index in [4.69, 9.17) is 0 Å². The molecule has 0 bridgehead atoms. The van der Waals surface area contributed by atoms with Gasteiger partial charge in [0.05, 0.1) is 0 Å². The maximum absolute atomic E-state index is 13.3. The lowest BCUT2D eigenvalue weighted by Gasteiger charge is -2.21. The van der Waals surface area contributed by atoms with E-state index >= 15 is 0 Å². The Labute approximate surface area is 121 Å². The Morgan fingerprint density at radius 1 is 1.32 bits per heavy atom. The molecule has 0 aromatic heterocycles. The lowest BCUT2D eigenvalue weighted by Crippen LogP contribution is -2.33. The first-order valence-electron chi connectivity index (χ1n) is 6.48. The van der Waals surface area contributed by atoms with Gasteiger partial charge in [0.15, 0.2) is 0 Å². The fraction of sp³-hybridized carbons (Fsp3) is 0.500. The molecule has 3 nitrogen and oxygen atoms in total. The molecule has 1 fully saturated rings. The average Bonchev–Trinajstić information content (AvgIpc) is 2.59. The molecule has 5 heteroatoms. The Kier molecular flexibility index (Phi) is 4.93. The largest absolute Gasteiger partial charge is 0.342 e. The van der Waals surface area contributed by atoms with Gasteiger partial charge in [0.1, 0.15) is 5.82 Å². The first kappa shape index (κ1) is 14.5. The van der Waals surface area contributed by atoms with E-state index in [1.54, 1.807) is 19.1 Å². The lowest BCUT2D eigenvalue weighted by atomic mass is 10.2. The van der Waals surface area contributed by atoms with Crippen molar-refractivity contribution < 1.29 is 9.18 Å². The van der Waals surface area contributed by atoms with Crippen LogP contribution in [-0.4, -0.2) is 41.9 Å². The molecule has 1 heterocycles. The summed E-state index contributed by atoms with van der Waals surface area (Å²) in [5.74, 6) is -0.0767. The molecule has 1 aliphatic rings. The summed E-state index contributed by atoms with van der Waals surface area (Å²) in [5, 5.41) is 0. The number of halogens is 2. The standard InChI is InChI=1S/C14H18BrFN2O/c1-11(19)18-6-2-5-17(7-8-18)10-12-9-13(16)3-4-14(12)15/h3-4,9H,2,5-8,10H2,1H3. The second-order valence-electron chi connectivity index (χ2n) is 4.87. The van der Waals surface area contributed by atoms with E-state index in [9.17, 15) is 9.18 Å². The number of rotatable bonds is 2. The molecule has 1 amide bonds. The number of carbonyl (C=O) groups excluding carboxylic acids is 1. The summed E-state index contributed by atoms with van der Waals surface area (Å²) in [6.45, 7) is 5.66. The van der Waals surface area contributed by atoms with E-state index in [0.29, 0.717) is 6.54 Å². The highest BCUT2D eigenvalue weighted by Gasteiger charge is 2.17. The summed E-state index contributed by atoms with van der Waals surface area (Å²) in [4.78, 5) is 15.5. The van der Waals surface area contributed by atoms with Crippen LogP contribution in [-0.2, 0) is 11.3 Å². The van der Waals surface area contributed by atoms with Gasteiger partial charge in [0, 0.05) is 44.1 Å². The second-order valence-corrected chi connectivity index (χ2v) is 5.73. The Hall–Kier alpha value is -0.940. The van der Waals surface area contributed by atoms with Gasteiger partial charge in [0.2, 0.25) is 5.91 Å².